The van der Waals surface area contributed by atoms with Crippen molar-refractivity contribution >= 4 is 80.4 Å². The maximum absolute atomic E-state index is 15.5. The van der Waals surface area contributed by atoms with E-state index < -0.39 is 11.9 Å². The summed E-state index contributed by atoms with van der Waals surface area (Å²) in [5, 5.41) is 6.25. The number of rotatable bonds is 11. The highest BCUT2D eigenvalue weighted by Gasteiger charge is 2.21. The summed E-state index contributed by atoms with van der Waals surface area (Å²) in [5.41, 5.74) is 3.23. The average Bonchev–Trinajstić information content (AvgIpc) is 3.35. The van der Waals surface area contributed by atoms with Crippen molar-refractivity contribution in [2.45, 2.75) is 26.5 Å². The van der Waals surface area contributed by atoms with Crippen LogP contribution in [0.15, 0.2) is 48.9 Å². The topological polar surface area (TPSA) is 85.6 Å². The van der Waals surface area contributed by atoms with Gasteiger partial charge in [-0.2, -0.15) is 5.10 Å². The van der Waals surface area contributed by atoms with Crippen LogP contribution in [0.2, 0.25) is 10.0 Å². The van der Waals surface area contributed by atoms with Crippen LogP contribution < -0.4 is 4.74 Å². The monoisotopic (exact) mass is 770 g/mol. The number of esters is 1. The van der Waals surface area contributed by atoms with E-state index in [4.69, 9.17) is 32.7 Å². The van der Waals surface area contributed by atoms with Crippen LogP contribution in [0.1, 0.15) is 42.5 Å². The lowest BCUT2D eigenvalue weighted by molar-refractivity contribution is -0.144. The van der Waals surface area contributed by atoms with E-state index >= 15 is 4.39 Å². The van der Waals surface area contributed by atoms with E-state index in [2.05, 4.69) is 46.9 Å². The maximum atomic E-state index is 15.5. The molecule has 0 amide bonds. The molecule has 0 bridgehead atoms. The van der Waals surface area contributed by atoms with Crippen LogP contribution in [0.5, 0.6) is 5.75 Å². The number of halogens is 4. The highest BCUT2D eigenvalue weighted by atomic mass is 127. The number of piperazine rings is 1. The maximum Gasteiger partial charge on any atom is 0.320 e. The Hall–Kier alpha value is -2.41. The Morgan fingerprint density at radius 2 is 1.84 bits per heavy atom. The van der Waals surface area contributed by atoms with Crippen LogP contribution in [-0.4, -0.2) is 74.6 Å². The van der Waals surface area contributed by atoms with Gasteiger partial charge in [-0.1, -0.05) is 23.2 Å². The largest absolute Gasteiger partial charge is 0.486 e. The molecule has 44 heavy (non-hydrogen) atoms. The van der Waals surface area contributed by atoms with Crippen LogP contribution in [0, 0.1) is 0 Å². The third-order valence-corrected chi connectivity index (χ3v) is 9.72. The first-order chi connectivity index (χ1) is 21.2. The van der Waals surface area contributed by atoms with Crippen molar-refractivity contribution in [1.82, 2.24) is 29.3 Å². The minimum Gasteiger partial charge on any atom is -0.486 e. The number of hydrogen-bond acceptors (Lipinski definition) is 8. The number of fused-ring (bicyclic) bond motifs is 1. The van der Waals surface area contributed by atoms with Crippen molar-refractivity contribution in [3.8, 4) is 5.75 Å². The van der Waals surface area contributed by atoms with E-state index in [1.807, 2.05) is 42.6 Å². The van der Waals surface area contributed by atoms with Gasteiger partial charge in [0.25, 0.3) is 0 Å². The molecule has 232 valence electrons. The number of carbonyl (C=O) groups is 1. The Kier molecular flexibility index (Phi) is 11.4. The van der Waals surface area contributed by atoms with Gasteiger partial charge in [0.15, 0.2) is 0 Å². The molecular formula is C30H31Cl2FIN6O3P. The summed E-state index contributed by atoms with van der Waals surface area (Å²) < 4.78 is 28.6. The molecule has 1 fully saturated rings. The average molecular weight is 771 g/mol. The Morgan fingerprint density at radius 3 is 2.50 bits per heavy atom. The van der Waals surface area contributed by atoms with E-state index in [0.717, 1.165) is 42.8 Å². The molecule has 0 saturated carbocycles. The van der Waals surface area contributed by atoms with Gasteiger partial charge in [-0.3, -0.25) is 24.6 Å². The van der Waals surface area contributed by atoms with Crippen molar-refractivity contribution in [2.75, 3.05) is 39.3 Å². The van der Waals surface area contributed by atoms with Gasteiger partial charge in [0.05, 0.1) is 46.5 Å². The van der Waals surface area contributed by atoms with E-state index in [1.54, 1.807) is 12.3 Å². The molecule has 1 aliphatic heterocycles. The molecule has 0 spiro atoms. The van der Waals surface area contributed by atoms with Crippen molar-refractivity contribution in [3.63, 3.8) is 0 Å². The molecule has 2 atom stereocenters. The summed E-state index contributed by atoms with van der Waals surface area (Å²) in [6, 6.07) is 9.20. The second kappa shape index (κ2) is 15.2. The second-order valence-corrected chi connectivity index (χ2v) is 13.1. The zero-order valence-electron chi connectivity index (χ0n) is 24.1. The van der Waals surface area contributed by atoms with Gasteiger partial charge >= 0.3 is 5.97 Å². The summed E-state index contributed by atoms with van der Waals surface area (Å²) in [4.78, 5) is 24.6. The van der Waals surface area contributed by atoms with Crippen LogP contribution in [0.25, 0.3) is 22.8 Å². The highest BCUT2D eigenvalue weighted by Crippen LogP contribution is 2.36. The minimum absolute atomic E-state index is 0.192. The molecule has 1 aliphatic rings. The molecule has 2 unspecified atom stereocenters. The number of aromatic nitrogens is 4. The first-order valence-corrected chi connectivity index (χ1v) is 18.8. The molecule has 9 nitrogen and oxygen atoms in total. The van der Waals surface area contributed by atoms with Crippen molar-refractivity contribution in [3.05, 3.63) is 81.5 Å². The van der Waals surface area contributed by atoms with Crippen LogP contribution in [0.4, 0.5) is 4.39 Å². The molecule has 3 aromatic heterocycles. The number of hydrogen-bond donors (Lipinski definition) is 0. The van der Waals surface area contributed by atoms with Gasteiger partial charge in [-0.05, 0) is 66.2 Å². The molecule has 1 saturated heterocycles. The van der Waals surface area contributed by atoms with E-state index in [-0.39, 0.29) is 5.97 Å². The minimum atomic E-state index is -0.439. The van der Waals surface area contributed by atoms with Gasteiger partial charge in [-0.25, -0.2) is 8.84 Å². The number of pyridine rings is 2. The lowest BCUT2D eigenvalue weighted by Gasteiger charge is -2.33. The zero-order chi connectivity index (χ0) is 31.2. The number of benzene rings is 1. The normalized spacial score (nSPS) is 15.7. The Balaban J connectivity index is 1.27. The molecule has 14 heteroatoms. The Bertz CT molecular complexity index is 1630. The smallest absolute Gasteiger partial charge is 0.320 e. The number of nitrogens with zero attached hydrogens (tertiary/aromatic N) is 6. The molecule has 5 rings (SSSR count). The van der Waals surface area contributed by atoms with Crippen LogP contribution >= 0.6 is 51.6 Å². The molecule has 0 radical (unpaired) electrons. The number of ether oxygens (including phenoxy) is 2. The first-order valence-electron chi connectivity index (χ1n) is 14.0. The standard InChI is InChI=1S/C30H31Cl2FIN6O3P/c1-3-42-29(41)18-39-10-8-38(9-11-39)17-21-5-4-20(14-36-21)26(33)13-27-23-12-22(6-7-28(23)40(37-27)44-34)43-19(2)30-24(31)15-35-16-25(30)32/h4-7,12-16,19,44H,3,8-11,17-18H2,1-2H3/b26-13-. The molecule has 0 N–H and O–H groups in total. The van der Waals surface area contributed by atoms with E-state index in [1.165, 1.54) is 18.5 Å². The zero-order valence-corrected chi connectivity index (χ0v) is 28.8. The number of carbonyl (C=O) groups excluding carboxylic acids is 1. The first kappa shape index (κ1) is 33.0. The molecule has 4 heterocycles. The fraction of sp³-hybridized carbons (Fsp3) is 0.333. The second-order valence-electron chi connectivity index (χ2n) is 10.2. The highest BCUT2D eigenvalue weighted by molar-refractivity contribution is 14.2. The SMILES string of the molecule is CCOC(=O)CN1CCN(Cc2ccc(/C(F)=C/c3nn(PI)c4ccc(OC(C)c5c(Cl)cncc5Cl)cc34)cn2)CC1. The molecular weight excluding hydrogens is 740 g/mol. The molecule has 4 aromatic rings. The lowest BCUT2D eigenvalue weighted by Crippen LogP contribution is -2.47. The lowest BCUT2D eigenvalue weighted by atomic mass is 10.1. The van der Waals surface area contributed by atoms with Crippen molar-refractivity contribution in [1.29, 1.82) is 0 Å². The summed E-state index contributed by atoms with van der Waals surface area (Å²) in [6.45, 7) is 8.22. The summed E-state index contributed by atoms with van der Waals surface area (Å²) in [6.07, 6.45) is 5.93. The van der Waals surface area contributed by atoms with Crippen molar-refractivity contribution in [2.24, 2.45) is 0 Å². The quantitative estimate of drug-likeness (QED) is 0.0900. The van der Waals surface area contributed by atoms with Gasteiger partial charge in [-0.15, -0.1) is 0 Å². The van der Waals surface area contributed by atoms with E-state index in [9.17, 15) is 4.79 Å². The van der Waals surface area contributed by atoms with Crippen molar-refractivity contribution < 1.29 is 18.7 Å². The molecule has 1 aromatic carbocycles. The Labute approximate surface area is 280 Å². The predicted octanol–water partition coefficient (Wildman–Crippen LogP) is 7.21. The van der Waals surface area contributed by atoms with Gasteiger partial charge in [0, 0.05) is 73.9 Å². The fourth-order valence-corrected chi connectivity index (χ4v) is 7.23. The third kappa shape index (κ3) is 8.05. The summed E-state index contributed by atoms with van der Waals surface area (Å²) in [5.74, 6) is -0.0500. The van der Waals surface area contributed by atoms with Gasteiger partial charge < -0.3 is 9.47 Å². The summed E-state index contributed by atoms with van der Waals surface area (Å²) >= 11 is 14.9. The van der Waals surface area contributed by atoms with Gasteiger partial charge in [0.1, 0.15) is 17.7 Å². The fourth-order valence-electron chi connectivity index (χ4n) is 5.02. The van der Waals surface area contributed by atoms with Crippen LogP contribution in [0.3, 0.4) is 0 Å². The van der Waals surface area contributed by atoms with Crippen LogP contribution in [-0.2, 0) is 16.1 Å². The predicted molar refractivity (Wildman–Crippen MR) is 182 cm³/mol. The summed E-state index contributed by atoms with van der Waals surface area (Å²) in [7, 11) is 0. The Morgan fingerprint density at radius 1 is 1.11 bits per heavy atom. The van der Waals surface area contributed by atoms with Gasteiger partial charge in [0.2, 0.25) is 0 Å². The van der Waals surface area contributed by atoms with E-state index in [0.29, 0.717) is 58.7 Å². The molecule has 0 aliphatic carbocycles. The third-order valence-electron chi connectivity index (χ3n) is 7.24.